The molecule has 26 heavy (non-hydrogen) atoms. The summed E-state index contributed by atoms with van der Waals surface area (Å²) in [4.78, 5) is 0. The zero-order valence-corrected chi connectivity index (χ0v) is 14.2. The topological polar surface area (TPSA) is 78.3 Å². The molecule has 2 atom stereocenters. The van der Waals surface area contributed by atoms with Gasteiger partial charge in [-0.1, -0.05) is 0 Å². The average molecular weight is 367 g/mol. The van der Waals surface area contributed by atoms with Crippen LogP contribution in [0.15, 0.2) is 24.3 Å². The zero-order chi connectivity index (χ0) is 18.9. The number of benzene rings is 1. The second-order valence-corrected chi connectivity index (χ2v) is 6.65. The number of phenolic OH excluding ortho intramolecular Hbond substituents is 1. The molecule has 2 aromatic rings. The molecule has 1 aliphatic carbocycles. The summed E-state index contributed by atoms with van der Waals surface area (Å²) >= 11 is 0. The van der Waals surface area contributed by atoms with Gasteiger partial charge in [-0.25, -0.2) is 0 Å². The zero-order valence-electron chi connectivity index (χ0n) is 14.2. The molecule has 1 fully saturated rings. The third kappa shape index (κ3) is 4.07. The molecule has 0 unspecified atom stereocenters. The second kappa shape index (κ2) is 7.11. The van der Waals surface area contributed by atoms with Gasteiger partial charge in [-0.15, -0.1) is 10.2 Å². The van der Waals surface area contributed by atoms with Crippen molar-refractivity contribution >= 4 is 5.82 Å². The molecule has 1 aromatic heterocycles. The van der Waals surface area contributed by atoms with Crippen molar-refractivity contribution in [1.82, 2.24) is 10.2 Å². The normalized spacial score (nSPS) is 20.8. The van der Waals surface area contributed by atoms with Gasteiger partial charge in [-0.3, -0.25) is 0 Å². The van der Waals surface area contributed by atoms with Gasteiger partial charge in [0.15, 0.2) is 0 Å². The van der Waals surface area contributed by atoms with Gasteiger partial charge in [0, 0.05) is 11.6 Å². The van der Waals surface area contributed by atoms with E-state index in [1.54, 1.807) is 12.1 Å². The van der Waals surface area contributed by atoms with Crippen LogP contribution in [0, 0.1) is 6.92 Å². The maximum absolute atomic E-state index is 12.8. The van der Waals surface area contributed by atoms with E-state index in [1.807, 2.05) is 0 Å². The van der Waals surface area contributed by atoms with E-state index in [4.69, 9.17) is 0 Å². The lowest BCUT2D eigenvalue weighted by molar-refractivity contribution is -0.137. The summed E-state index contributed by atoms with van der Waals surface area (Å²) in [5, 5.41) is 31.0. The first-order valence-electron chi connectivity index (χ1n) is 8.43. The van der Waals surface area contributed by atoms with Crippen molar-refractivity contribution in [3.05, 3.63) is 35.4 Å². The minimum absolute atomic E-state index is 0.111. The molecule has 0 spiro atoms. The van der Waals surface area contributed by atoms with E-state index in [2.05, 4.69) is 15.5 Å². The van der Waals surface area contributed by atoms with Crippen LogP contribution >= 0.6 is 0 Å². The number of aromatic nitrogens is 2. The number of aryl methyl sites for hydroxylation is 1. The molecule has 3 N–H and O–H groups in total. The number of hydrogen-bond acceptors (Lipinski definition) is 5. The van der Waals surface area contributed by atoms with Crippen molar-refractivity contribution < 1.29 is 23.4 Å². The highest BCUT2D eigenvalue weighted by atomic mass is 19.4. The van der Waals surface area contributed by atoms with Gasteiger partial charge in [0.25, 0.3) is 0 Å². The monoisotopic (exact) mass is 367 g/mol. The molecule has 1 aromatic carbocycles. The number of rotatable bonds is 3. The van der Waals surface area contributed by atoms with Gasteiger partial charge < -0.3 is 15.5 Å². The number of anilines is 1. The molecule has 8 heteroatoms. The number of alkyl halides is 3. The summed E-state index contributed by atoms with van der Waals surface area (Å²) in [6.45, 7) is 1.49. The van der Waals surface area contributed by atoms with Crippen LogP contribution in [0.3, 0.4) is 0 Å². The van der Waals surface area contributed by atoms with E-state index in [1.165, 1.54) is 6.92 Å². The lowest BCUT2D eigenvalue weighted by Gasteiger charge is -2.26. The summed E-state index contributed by atoms with van der Waals surface area (Å²) in [5.74, 6) is 0.0413. The van der Waals surface area contributed by atoms with Crippen molar-refractivity contribution in [3.8, 4) is 17.0 Å². The molecule has 0 radical (unpaired) electrons. The number of phenols is 1. The van der Waals surface area contributed by atoms with Crippen molar-refractivity contribution in [2.45, 2.75) is 50.9 Å². The summed E-state index contributed by atoms with van der Waals surface area (Å²) < 4.78 is 38.5. The molecule has 3 rings (SSSR count). The van der Waals surface area contributed by atoms with Crippen LogP contribution in [-0.2, 0) is 6.18 Å². The van der Waals surface area contributed by atoms with Crippen LogP contribution in [0.4, 0.5) is 19.0 Å². The smallest absolute Gasteiger partial charge is 0.416 e. The Morgan fingerprint density at radius 2 is 1.92 bits per heavy atom. The molecular weight excluding hydrogens is 347 g/mol. The Kier molecular flexibility index (Phi) is 5.04. The molecule has 0 bridgehead atoms. The Bertz CT molecular complexity index is 755. The van der Waals surface area contributed by atoms with Crippen LogP contribution in [0.2, 0.25) is 0 Å². The van der Waals surface area contributed by atoms with Crippen LogP contribution in [0.25, 0.3) is 11.3 Å². The Labute approximate surface area is 148 Å². The van der Waals surface area contributed by atoms with E-state index in [0.717, 1.165) is 25.3 Å². The number of aliphatic hydroxyl groups excluding tert-OH is 1. The maximum atomic E-state index is 12.8. The minimum atomic E-state index is -4.52. The van der Waals surface area contributed by atoms with E-state index in [0.29, 0.717) is 24.0 Å². The number of hydrogen-bond donors (Lipinski definition) is 3. The third-order valence-electron chi connectivity index (χ3n) is 4.56. The summed E-state index contributed by atoms with van der Waals surface area (Å²) in [6, 6.07) is 5.05. The Balaban J connectivity index is 1.80. The molecule has 0 aliphatic heterocycles. The molecule has 1 aliphatic rings. The van der Waals surface area contributed by atoms with Crippen molar-refractivity contribution in [1.29, 1.82) is 0 Å². The summed E-state index contributed by atoms with van der Waals surface area (Å²) in [6.07, 6.45) is -1.54. The molecule has 140 valence electrons. The first-order chi connectivity index (χ1) is 12.2. The predicted molar refractivity (Wildman–Crippen MR) is 90.8 cm³/mol. The highest BCUT2D eigenvalue weighted by Gasteiger charge is 2.32. The maximum Gasteiger partial charge on any atom is 0.416 e. The van der Waals surface area contributed by atoms with Crippen molar-refractivity contribution in [2.24, 2.45) is 0 Å². The van der Waals surface area contributed by atoms with Gasteiger partial charge in [-0.05, 0) is 62.4 Å². The molecule has 0 amide bonds. The third-order valence-corrected chi connectivity index (χ3v) is 4.56. The van der Waals surface area contributed by atoms with E-state index < -0.39 is 17.5 Å². The van der Waals surface area contributed by atoms with Crippen LogP contribution in [-0.4, -0.2) is 32.6 Å². The first kappa shape index (κ1) is 18.4. The van der Waals surface area contributed by atoms with Crippen molar-refractivity contribution in [3.63, 3.8) is 0 Å². The average Bonchev–Trinajstić information content (AvgIpc) is 2.55. The second-order valence-electron chi connectivity index (χ2n) is 6.65. The lowest BCUT2D eigenvalue weighted by Crippen LogP contribution is -2.30. The van der Waals surface area contributed by atoms with Gasteiger partial charge >= 0.3 is 6.18 Å². The number of aliphatic hydroxyl groups is 1. The Hall–Kier alpha value is -2.35. The summed E-state index contributed by atoms with van der Waals surface area (Å²) in [7, 11) is 0. The van der Waals surface area contributed by atoms with Crippen LogP contribution in [0.1, 0.15) is 36.8 Å². The van der Waals surface area contributed by atoms with Gasteiger partial charge in [0.1, 0.15) is 11.6 Å². The lowest BCUT2D eigenvalue weighted by atomic mass is 9.93. The number of nitrogens with zero attached hydrogens (tertiary/aromatic N) is 2. The van der Waals surface area contributed by atoms with Crippen molar-refractivity contribution in [2.75, 3.05) is 5.32 Å². The van der Waals surface area contributed by atoms with E-state index >= 15 is 0 Å². The number of nitrogens with one attached hydrogen (secondary N) is 1. The quantitative estimate of drug-likeness (QED) is 0.767. The predicted octanol–water partition coefficient (Wildman–Crippen LogP) is 3.89. The Morgan fingerprint density at radius 3 is 2.50 bits per heavy atom. The van der Waals surface area contributed by atoms with E-state index in [9.17, 15) is 23.4 Å². The van der Waals surface area contributed by atoms with Gasteiger partial charge in [0.2, 0.25) is 0 Å². The molecular formula is C18H20F3N3O2. The van der Waals surface area contributed by atoms with E-state index in [-0.39, 0.29) is 23.3 Å². The summed E-state index contributed by atoms with van der Waals surface area (Å²) in [5.41, 5.74) is -0.116. The number of aromatic hydroxyl groups is 1. The Morgan fingerprint density at radius 1 is 1.15 bits per heavy atom. The van der Waals surface area contributed by atoms with Crippen LogP contribution in [0.5, 0.6) is 5.75 Å². The largest absolute Gasteiger partial charge is 0.507 e. The highest BCUT2D eigenvalue weighted by Crippen LogP contribution is 2.38. The number of halogens is 3. The van der Waals surface area contributed by atoms with Gasteiger partial charge in [-0.2, -0.15) is 13.2 Å². The first-order valence-corrected chi connectivity index (χ1v) is 8.43. The molecule has 1 saturated carbocycles. The minimum Gasteiger partial charge on any atom is -0.507 e. The van der Waals surface area contributed by atoms with Gasteiger partial charge in [0.05, 0.1) is 17.4 Å². The standard InChI is InChI=1S/C18H20F3N3O2/c1-10-7-11(18(19,20)21)8-15(26)17(10)14-5-6-16(24-23-14)22-12-3-2-4-13(25)9-12/h5-8,12-13,25-26H,2-4,9H2,1H3,(H,22,24)/t12-,13+/m1/s1. The molecule has 1 heterocycles. The molecule has 0 saturated heterocycles. The molecule has 5 nitrogen and oxygen atoms in total. The fourth-order valence-corrected chi connectivity index (χ4v) is 3.31. The SMILES string of the molecule is Cc1cc(C(F)(F)F)cc(O)c1-c1ccc(N[C@@H]2CCC[C@H](O)C2)nn1. The highest BCUT2D eigenvalue weighted by molar-refractivity contribution is 5.71. The van der Waals surface area contributed by atoms with Crippen LogP contribution < -0.4 is 5.32 Å². The fraction of sp³-hybridized carbons (Fsp3) is 0.444. The fourth-order valence-electron chi connectivity index (χ4n) is 3.31.